The average Bonchev–Trinajstić information content (AvgIpc) is 2.57. The molecule has 0 aliphatic rings. The van der Waals surface area contributed by atoms with E-state index < -0.39 is 12.1 Å². The summed E-state index contributed by atoms with van der Waals surface area (Å²) in [6, 6.07) is 0. The van der Waals surface area contributed by atoms with Crippen molar-refractivity contribution in [1.29, 1.82) is 0 Å². The Hall–Kier alpha value is -1.36. The van der Waals surface area contributed by atoms with Gasteiger partial charge in [-0.25, -0.2) is 4.79 Å². The molecule has 1 aromatic rings. The molecule has 0 aromatic carbocycles. The summed E-state index contributed by atoms with van der Waals surface area (Å²) in [6.07, 6.45) is 0.371. The minimum absolute atomic E-state index is 0.231. The highest BCUT2D eigenvalue weighted by molar-refractivity contribution is 5.76. The Kier molecular flexibility index (Phi) is 3.38. The van der Waals surface area contributed by atoms with Gasteiger partial charge in [-0.1, -0.05) is 20.8 Å². The molecule has 5 nitrogen and oxygen atoms in total. The first kappa shape index (κ1) is 12.7. The van der Waals surface area contributed by atoms with E-state index in [1.807, 2.05) is 20.8 Å². The van der Waals surface area contributed by atoms with Crippen LogP contribution in [0.2, 0.25) is 0 Å². The Bertz CT molecular complexity index is 390. The first-order valence-electron chi connectivity index (χ1n) is 5.07. The first-order chi connectivity index (χ1) is 7.27. The summed E-state index contributed by atoms with van der Waals surface area (Å²) in [7, 11) is 3.00. The molecule has 0 amide bonds. The van der Waals surface area contributed by atoms with Crippen LogP contribution < -0.4 is 0 Å². The highest BCUT2D eigenvalue weighted by Gasteiger charge is 2.29. The number of methoxy groups -OCH3 is 1. The van der Waals surface area contributed by atoms with Gasteiger partial charge in [-0.05, 0) is 0 Å². The molecule has 5 heteroatoms. The second-order valence-electron chi connectivity index (χ2n) is 4.78. The Balaban J connectivity index is 3.18. The summed E-state index contributed by atoms with van der Waals surface area (Å²) < 4.78 is 6.10. The Morgan fingerprint density at radius 1 is 1.56 bits per heavy atom. The van der Waals surface area contributed by atoms with Gasteiger partial charge in [0.15, 0.2) is 6.10 Å². The largest absolute Gasteiger partial charge is 0.467 e. The van der Waals surface area contributed by atoms with E-state index in [1.165, 1.54) is 7.11 Å². The normalized spacial score (nSPS) is 13.6. The Labute approximate surface area is 95.0 Å². The summed E-state index contributed by atoms with van der Waals surface area (Å²) in [4.78, 5) is 11.3. The van der Waals surface area contributed by atoms with Gasteiger partial charge in [-0.15, -0.1) is 0 Å². The maximum atomic E-state index is 11.3. The maximum Gasteiger partial charge on any atom is 0.339 e. The lowest BCUT2D eigenvalue weighted by molar-refractivity contribution is -0.150. The van der Waals surface area contributed by atoms with Gasteiger partial charge < -0.3 is 9.84 Å². The van der Waals surface area contributed by atoms with Crippen molar-refractivity contribution in [3.8, 4) is 0 Å². The molecule has 1 atom stereocenters. The van der Waals surface area contributed by atoms with Crippen molar-refractivity contribution in [3.63, 3.8) is 0 Å². The van der Waals surface area contributed by atoms with Crippen LogP contribution in [0.4, 0.5) is 0 Å². The van der Waals surface area contributed by atoms with Crippen molar-refractivity contribution in [3.05, 3.63) is 17.5 Å². The van der Waals surface area contributed by atoms with Crippen LogP contribution in [-0.2, 0) is 22.0 Å². The number of nitrogens with zero attached hydrogens (tertiary/aromatic N) is 2. The Morgan fingerprint density at radius 3 is 2.56 bits per heavy atom. The lowest BCUT2D eigenvalue weighted by Crippen LogP contribution is -2.20. The molecule has 1 rings (SSSR count). The van der Waals surface area contributed by atoms with Crippen LogP contribution >= 0.6 is 0 Å². The SMILES string of the molecule is COC(=O)C(O)c1cn(C)nc1C(C)(C)C. The number of aromatic nitrogens is 2. The molecule has 0 bridgehead atoms. The van der Waals surface area contributed by atoms with E-state index in [1.54, 1.807) is 17.9 Å². The van der Waals surface area contributed by atoms with Gasteiger partial charge >= 0.3 is 5.97 Å². The fourth-order valence-corrected chi connectivity index (χ4v) is 1.53. The quantitative estimate of drug-likeness (QED) is 0.762. The van der Waals surface area contributed by atoms with Crippen LogP contribution in [0.3, 0.4) is 0 Å². The van der Waals surface area contributed by atoms with Gasteiger partial charge in [0, 0.05) is 24.2 Å². The van der Waals surface area contributed by atoms with Gasteiger partial charge in [0.2, 0.25) is 0 Å². The molecule has 1 unspecified atom stereocenters. The predicted octanol–water partition coefficient (Wildman–Crippen LogP) is 0.924. The van der Waals surface area contributed by atoms with Crippen LogP contribution in [0.25, 0.3) is 0 Å². The number of ether oxygens (including phenoxy) is 1. The van der Waals surface area contributed by atoms with E-state index in [-0.39, 0.29) is 5.41 Å². The zero-order valence-electron chi connectivity index (χ0n) is 10.3. The van der Waals surface area contributed by atoms with Gasteiger partial charge in [0.05, 0.1) is 12.8 Å². The lowest BCUT2D eigenvalue weighted by Gasteiger charge is -2.18. The summed E-state index contributed by atoms with van der Waals surface area (Å²) in [5, 5.41) is 14.1. The topological polar surface area (TPSA) is 64.3 Å². The average molecular weight is 226 g/mol. The van der Waals surface area contributed by atoms with Crippen molar-refractivity contribution in [2.24, 2.45) is 7.05 Å². The van der Waals surface area contributed by atoms with Crippen LogP contribution in [0, 0.1) is 0 Å². The van der Waals surface area contributed by atoms with Crippen molar-refractivity contribution in [2.75, 3.05) is 7.11 Å². The van der Waals surface area contributed by atoms with Crippen LogP contribution in [0.1, 0.15) is 38.1 Å². The molecule has 16 heavy (non-hydrogen) atoms. The number of hydrogen-bond donors (Lipinski definition) is 1. The molecule has 1 aromatic heterocycles. The van der Waals surface area contributed by atoms with Gasteiger partial charge in [-0.2, -0.15) is 5.10 Å². The van der Waals surface area contributed by atoms with E-state index in [2.05, 4.69) is 9.84 Å². The van der Waals surface area contributed by atoms with Crippen molar-refractivity contribution >= 4 is 5.97 Å². The molecule has 0 saturated heterocycles. The first-order valence-corrected chi connectivity index (χ1v) is 5.07. The summed E-state index contributed by atoms with van der Waals surface area (Å²) in [6.45, 7) is 5.93. The molecule has 0 aliphatic carbocycles. The van der Waals surface area contributed by atoms with Crippen LogP contribution in [-0.4, -0.2) is 28.0 Å². The number of aliphatic hydroxyl groups excluding tert-OH is 1. The number of esters is 1. The Morgan fingerprint density at radius 2 is 2.12 bits per heavy atom. The number of aliphatic hydroxyl groups is 1. The molecule has 1 heterocycles. The molecular formula is C11H18N2O3. The van der Waals surface area contributed by atoms with E-state index in [0.29, 0.717) is 11.3 Å². The standard InChI is InChI=1S/C11H18N2O3/c1-11(2,3)9-7(6-13(4)12-9)8(14)10(15)16-5/h6,8,14H,1-5H3. The molecule has 1 N–H and O–H groups in total. The molecule has 0 aliphatic heterocycles. The van der Waals surface area contributed by atoms with Crippen molar-refractivity contribution in [2.45, 2.75) is 32.3 Å². The van der Waals surface area contributed by atoms with E-state index in [0.717, 1.165) is 0 Å². The molecule has 90 valence electrons. The molecular weight excluding hydrogens is 208 g/mol. The number of carbonyl (C=O) groups is 1. The second-order valence-corrected chi connectivity index (χ2v) is 4.78. The van der Waals surface area contributed by atoms with E-state index >= 15 is 0 Å². The maximum absolute atomic E-state index is 11.3. The minimum Gasteiger partial charge on any atom is -0.467 e. The van der Waals surface area contributed by atoms with Crippen LogP contribution in [0.15, 0.2) is 6.20 Å². The second kappa shape index (κ2) is 4.25. The molecule has 0 fully saturated rings. The highest BCUT2D eigenvalue weighted by atomic mass is 16.5. The van der Waals surface area contributed by atoms with Gasteiger partial charge in [-0.3, -0.25) is 4.68 Å². The zero-order chi connectivity index (χ0) is 12.5. The monoisotopic (exact) mass is 226 g/mol. The number of rotatable bonds is 2. The molecule has 0 saturated carbocycles. The van der Waals surface area contributed by atoms with Gasteiger partial charge in [0.25, 0.3) is 0 Å². The minimum atomic E-state index is -1.27. The summed E-state index contributed by atoms with van der Waals surface area (Å²) in [5.74, 6) is -0.668. The number of carbonyl (C=O) groups excluding carboxylic acids is 1. The summed E-state index contributed by atoms with van der Waals surface area (Å²) >= 11 is 0. The number of hydrogen-bond acceptors (Lipinski definition) is 4. The molecule has 0 spiro atoms. The van der Waals surface area contributed by atoms with E-state index in [4.69, 9.17) is 0 Å². The fraction of sp³-hybridized carbons (Fsp3) is 0.636. The predicted molar refractivity (Wildman–Crippen MR) is 58.9 cm³/mol. The van der Waals surface area contributed by atoms with Crippen LogP contribution in [0.5, 0.6) is 0 Å². The van der Waals surface area contributed by atoms with Crippen molar-refractivity contribution < 1.29 is 14.6 Å². The highest BCUT2D eigenvalue weighted by Crippen LogP contribution is 2.28. The summed E-state index contributed by atoms with van der Waals surface area (Å²) in [5.41, 5.74) is 0.973. The molecule has 0 radical (unpaired) electrons. The third kappa shape index (κ3) is 2.41. The third-order valence-corrected chi connectivity index (χ3v) is 2.29. The third-order valence-electron chi connectivity index (χ3n) is 2.29. The zero-order valence-corrected chi connectivity index (χ0v) is 10.3. The lowest BCUT2D eigenvalue weighted by atomic mass is 9.88. The smallest absolute Gasteiger partial charge is 0.339 e. The van der Waals surface area contributed by atoms with Gasteiger partial charge in [0.1, 0.15) is 0 Å². The van der Waals surface area contributed by atoms with Crippen molar-refractivity contribution in [1.82, 2.24) is 9.78 Å². The number of aryl methyl sites for hydroxylation is 1. The van der Waals surface area contributed by atoms with E-state index in [9.17, 15) is 9.90 Å². The fourth-order valence-electron chi connectivity index (χ4n) is 1.53.